The summed E-state index contributed by atoms with van der Waals surface area (Å²) >= 11 is 5.78. The highest BCUT2D eigenvalue weighted by Gasteiger charge is 2.35. The van der Waals surface area contributed by atoms with Gasteiger partial charge in [0.2, 0.25) is 5.91 Å². The first-order valence-electron chi connectivity index (χ1n) is 7.03. The molecule has 2 amide bonds. The van der Waals surface area contributed by atoms with Crippen molar-refractivity contribution >= 4 is 23.4 Å². The lowest BCUT2D eigenvalue weighted by Crippen LogP contribution is -2.41. The Balaban J connectivity index is 1.87. The molecule has 0 unspecified atom stereocenters. The minimum absolute atomic E-state index is 0.0766. The van der Waals surface area contributed by atoms with E-state index in [9.17, 15) is 14.7 Å². The number of ether oxygens (including phenoxy) is 1. The highest BCUT2D eigenvalue weighted by atomic mass is 35.5. The topological polar surface area (TPSA) is 78.9 Å². The molecule has 1 aromatic carbocycles. The zero-order valence-corrected chi connectivity index (χ0v) is 13.0. The van der Waals surface area contributed by atoms with Crippen molar-refractivity contribution in [3.63, 3.8) is 0 Å². The lowest BCUT2D eigenvalue weighted by molar-refractivity contribution is -0.132. The predicted molar refractivity (Wildman–Crippen MR) is 81.7 cm³/mol. The number of carbonyl (C=O) groups excluding carboxylic acids is 2. The molecule has 2 atom stereocenters. The fraction of sp³-hybridized carbons (Fsp3) is 0.467. The monoisotopic (exact) mass is 326 g/mol. The minimum atomic E-state index is -0.220. The molecule has 1 fully saturated rings. The van der Waals surface area contributed by atoms with E-state index in [0.29, 0.717) is 23.9 Å². The lowest BCUT2D eigenvalue weighted by Gasteiger charge is -2.17. The van der Waals surface area contributed by atoms with Crippen LogP contribution in [0.4, 0.5) is 0 Å². The number of hydrogen-bond donors (Lipinski definition) is 2. The zero-order chi connectivity index (χ0) is 16.1. The first-order valence-corrected chi connectivity index (χ1v) is 7.41. The molecular formula is C15H19ClN2O4. The minimum Gasteiger partial charge on any atom is -0.484 e. The van der Waals surface area contributed by atoms with Crippen molar-refractivity contribution in [2.45, 2.75) is 13.0 Å². The molecular weight excluding hydrogens is 308 g/mol. The summed E-state index contributed by atoms with van der Waals surface area (Å²) in [5.41, 5.74) is 0. The first kappa shape index (κ1) is 16.6. The van der Waals surface area contributed by atoms with Crippen LogP contribution in [0.15, 0.2) is 24.3 Å². The normalized spacial score (nSPS) is 20.8. The molecule has 0 aliphatic carbocycles. The number of aliphatic hydroxyl groups is 1. The molecule has 0 aromatic heterocycles. The molecule has 0 spiro atoms. The van der Waals surface area contributed by atoms with Crippen molar-refractivity contribution in [3.8, 4) is 5.75 Å². The molecule has 1 aliphatic heterocycles. The number of likely N-dealkylation sites (tertiary alicyclic amines) is 1. The number of nitrogens with zero attached hydrogens (tertiary/aromatic N) is 1. The van der Waals surface area contributed by atoms with Crippen LogP contribution in [-0.4, -0.2) is 54.2 Å². The summed E-state index contributed by atoms with van der Waals surface area (Å²) in [7, 11) is 0. The summed E-state index contributed by atoms with van der Waals surface area (Å²) in [4.78, 5) is 24.9. The Morgan fingerprint density at radius 1 is 1.36 bits per heavy atom. The van der Waals surface area contributed by atoms with Gasteiger partial charge in [0.1, 0.15) is 5.75 Å². The Labute approximate surface area is 134 Å². The number of aliphatic hydroxyl groups excluding tert-OH is 1. The van der Waals surface area contributed by atoms with E-state index in [-0.39, 0.29) is 37.0 Å². The molecule has 1 saturated heterocycles. The fourth-order valence-electron chi connectivity index (χ4n) is 2.45. The third-order valence-corrected chi connectivity index (χ3v) is 3.84. The Hall–Kier alpha value is -1.79. The van der Waals surface area contributed by atoms with Crippen molar-refractivity contribution in [1.29, 1.82) is 0 Å². The number of nitrogens with one attached hydrogen (secondary N) is 1. The van der Waals surface area contributed by atoms with Crippen LogP contribution in [0.1, 0.15) is 6.92 Å². The average molecular weight is 327 g/mol. The van der Waals surface area contributed by atoms with E-state index >= 15 is 0 Å². The Kier molecular flexibility index (Phi) is 5.63. The highest BCUT2D eigenvalue weighted by Crippen LogP contribution is 2.18. The summed E-state index contributed by atoms with van der Waals surface area (Å²) in [5.74, 6) is 0.0638. The van der Waals surface area contributed by atoms with E-state index in [2.05, 4.69) is 5.32 Å². The van der Waals surface area contributed by atoms with Crippen LogP contribution in [0.2, 0.25) is 5.02 Å². The van der Waals surface area contributed by atoms with E-state index in [0.717, 1.165) is 0 Å². The van der Waals surface area contributed by atoms with Crippen LogP contribution in [-0.2, 0) is 9.59 Å². The van der Waals surface area contributed by atoms with Crippen LogP contribution in [0.3, 0.4) is 0 Å². The average Bonchev–Trinajstić information content (AvgIpc) is 2.88. The number of amides is 2. The maximum atomic E-state index is 12.2. The predicted octanol–water partition coefficient (Wildman–Crippen LogP) is 0.674. The molecule has 1 aliphatic rings. The van der Waals surface area contributed by atoms with Gasteiger partial charge in [-0.05, 0) is 24.3 Å². The smallest absolute Gasteiger partial charge is 0.260 e. The fourth-order valence-corrected chi connectivity index (χ4v) is 2.58. The van der Waals surface area contributed by atoms with Gasteiger partial charge in [-0.1, -0.05) is 11.6 Å². The molecule has 7 heteroatoms. The standard InChI is InChI=1S/C15H19ClN2O4/c1-10(20)17-14-7-18(6-11(14)8-19)15(21)9-22-13-4-2-12(16)3-5-13/h2-5,11,14,19H,6-9H2,1H3,(H,17,20)/t11-,14+/m0/s1. The molecule has 0 bridgehead atoms. The van der Waals surface area contributed by atoms with E-state index in [1.165, 1.54) is 6.92 Å². The maximum absolute atomic E-state index is 12.2. The molecule has 2 rings (SSSR count). The molecule has 22 heavy (non-hydrogen) atoms. The second kappa shape index (κ2) is 7.47. The molecule has 0 saturated carbocycles. The van der Waals surface area contributed by atoms with Crippen molar-refractivity contribution < 1.29 is 19.4 Å². The van der Waals surface area contributed by atoms with E-state index in [4.69, 9.17) is 16.3 Å². The zero-order valence-electron chi connectivity index (χ0n) is 12.3. The van der Waals surface area contributed by atoms with Gasteiger partial charge in [0.15, 0.2) is 6.61 Å². The third kappa shape index (κ3) is 4.35. The maximum Gasteiger partial charge on any atom is 0.260 e. The van der Waals surface area contributed by atoms with Crippen molar-refractivity contribution in [1.82, 2.24) is 10.2 Å². The Bertz CT molecular complexity index is 535. The van der Waals surface area contributed by atoms with Gasteiger partial charge in [-0.3, -0.25) is 9.59 Å². The summed E-state index contributed by atoms with van der Waals surface area (Å²) < 4.78 is 5.42. The lowest BCUT2D eigenvalue weighted by atomic mass is 10.1. The van der Waals surface area contributed by atoms with E-state index < -0.39 is 0 Å². The summed E-state index contributed by atoms with van der Waals surface area (Å²) in [6.45, 7) is 2.04. The second-order valence-electron chi connectivity index (χ2n) is 5.29. The third-order valence-electron chi connectivity index (χ3n) is 3.59. The molecule has 2 N–H and O–H groups in total. The number of rotatable bonds is 5. The van der Waals surface area contributed by atoms with Crippen molar-refractivity contribution in [3.05, 3.63) is 29.3 Å². The van der Waals surface area contributed by atoms with Crippen LogP contribution in [0, 0.1) is 5.92 Å². The van der Waals surface area contributed by atoms with Crippen molar-refractivity contribution in [2.24, 2.45) is 5.92 Å². The van der Waals surface area contributed by atoms with Crippen molar-refractivity contribution in [2.75, 3.05) is 26.3 Å². The number of carbonyl (C=O) groups is 2. The van der Waals surface area contributed by atoms with Crippen LogP contribution < -0.4 is 10.1 Å². The van der Waals surface area contributed by atoms with Gasteiger partial charge in [0.25, 0.3) is 5.91 Å². The highest BCUT2D eigenvalue weighted by molar-refractivity contribution is 6.30. The van der Waals surface area contributed by atoms with Gasteiger partial charge >= 0.3 is 0 Å². The first-order chi connectivity index (χ1) is 10.5. The van der Waals surface area contributed by atoms with Crippen LogP contribution >= 0.6 is 11.6 Å². The molecule has 120 valence electrons. The Morgan fingerprint density at radius 2 is 2.05 bits per heavy atom. The van der Waals surface area contributed by atoms with Gasteiger partial charge in [-0.25, -0.2) is 0 Å². The van der Waals surface area contributed by atoms with E-state index in [1.54, 1.807) is 29.2 Å². The van der Waals surface area contributed by atoms with E-state index in [1.807, 2.05) is 0 Å². The summed E-state index contributed by atoms with van der Waals surface area (Å²) in [6, 6.07) is 6.53. The number of halogens is 1. The van der Waals surface area contributed by atoms with Gasteiger partial charge in [-0.2, -0.15) is 0 Å². The quantitative estimate of drug-likeness (QED) is 0.834. The molecule has 6 nitrogen and oxygen atoms in total. The largest absolute Gasteiger partial charge is 0.484 e. The SMILES string of the molecule is CC(=O)N[C@@H]1CN(C(=O)COc2ccc(Cl)cc2)C[C@H]1CO. The van der Waals surface area contributed by atoms with Gasteiger partial charge < -0.3 is 20.1 Å². The molecule has 0 radical (unpaired) electrons. The van der Waals surface area contributed by atoms with Crippen LogP contribution in [0.5, 0.6) is 5.75 Å². The van der Waals surface area contributed by atoms with Crippen LogP contribution in [0.25, 0.3) is 0 Å². The number of benzene rings is 1. The van der Waals surface area contributed by atoms with Gasteiger partial charge in [0.05, 0.1) is 6.04 Å². The summed E-state index contributed by atoms with van der Waals surface area (Å²) in [6.07, 6.45) is 0. The van der Waals surface area contributed by atoms with Gasteiger partial charge in [0, 0.05) is 37.6 Å². The van der Waals surface area contributed by atoms with Gasteiger partial charge in [-0.15, -0.1) is 0 Å². The summed E-state index contributed by atoms with van der Waals surface area (Å²) in [5, 5.41) is 12.7. The Morgan fingerprint density at radius 3 is 2.64 bits per heavy atom. The second-order valence-corrected chi connectivity index (χ2v) is 5.73. The molecule has 1 aromatic rings. The molecule has 1 heterocycles. The number of hydrogen-bond acceptors (Lipinski definition) is 4.